The molecule has 0 saturated carbocycles. The summed E-state index contributed by atoms with van der Waals surface area (Å²) in [6.07, 6.45) is 0. The molecule has 23 heavy (non-hydrogen) atoms. The SMILES string of the molecule is O=C(Nc1ccc(Br)cc1)c1cc2cc(Br)cc(Br)c2oc1=O. The van der Waals surface area contributed by atoms with Gasteiger partial charge in [-0.3, -0.25) is 4.79 Å². The van der Waals surface area contributed by atoms with Gasteiger partial charge in [0, 0.05) is 20.0 Å². The molecular weight excluding hydrogens is 494 g/mol. The first-order valence-corrected chi connectivity index (χ1v) is 8.82. The van der Waals surface area contributed by atoms with E-state index < -0.39 is 11.5 Å². The highest BCUT2D eigenvalue weighted by atomic mass is 79.9. The van der Waals surface area contributed by atoms with Crippen molar-refractivity contribution >= 4 is 70.4 Å². The molecule has 3 aromatic rings. The Bertz CT molecular complexity index is 965. The zero-order valence-electron chi connectivity index (χ0n) is 11.4. The fourth-order valence-electron chi connectivity index (χ4n) is 2.05. The molecule has 4 nitrogen and oxygen atoms in total. The predicted octanol–water partition coefficient (Wildman–Crippen LogP) is 5.33. The van der Waals surface area contributed by atoms with Gasteiger partial charge in [0.2, 0.25) is 0 Å². The molecule has 116 valence electrons. The van der Waals surface area contributed by atoms with Crippen molar-refractivity contribution in [3.05, 3.63) is 71.9 Å². The first-order valence-electron chi connectivity index (χ1n) is 6.44. The highest BCUT2D eigenvalue weighted by Gasteiger charge is 2.15. The number of halogens is 3. The lowest BCUT2D eigenvalue weighted by atomic mass is 10.1. The standard InChI is InChI=1S/C16H8Br3NO3/c17-9-1-3-11(4-2-9)20-15(21)12-6-8-5-10(18)7-13(19)14(8)23-16(12)22/h1-7H,(H,20,21). The molecule has 0 radical (unpaired) electrons. The summed E-state index contributed by atoms with van der Waals surface area (Å²) in [5.74, 6) is -0.515. The number of carbonyl (C=O) groups is 1. The molecule has 1 aromatic heterocycles. The summed E-state index contributed by atoms with van der Waals surface area (Å²) in [7, 11) is 0. The van der Waals surface area contributed by atoms with E-state index in [0.29, 0.717) is 21.1 Å². The monoisotopic (exact) mass is 499 g/mol. The van der Waals surface area contributed by atoms with Crippen LogP contribution in [0.15, 0.2) is 65.1 Å². The van der Waals surface area contributed by atoms with E-state index >= 15 is 0 Å². The van der Waals surface area contributed by atoms with E-state index in [1.165, 1.54) is 6.07 Å². The van der Waals surface area contributed by atoms with Gasteiger partial charge >= 0.3 is 5.63 Å². The summed E-state index contributed by atoms with van der Waals surface area (Å²) in [6, 6.07) is 12.1. The molecule has 0 bridgehead atoms. The van der Waals surface area contributed by atoms with Crippen molar-refractivity contribution in [2.24, 2.45) is 0 Å². The minimum Gasteiger partial charge on any atom is -0.421 e. The lowest BCUT2D eigenvalue weighted by molar-refractivity contribution is 0.102. The number of rotatable bonds is 2. The molecule has 0 fully saturated rings. The smallest absolute Gasteiger partial charge is 0.349 e. The largest absolute Gasteiger partial charge is 0.421 e. The topological polar surface area (TPSA) is 59.3 Å². The van der Waals surface area contributed by atoms with Crippen LogP contribution in [-0.2, 0) is 0 Å². The van der Waals surface area contributed by atoms with Crippen LogP contribution in [0.5, 0.6) is 0 Å². The van der Waals surface area contributed by atoms with Crippen LogP contribution >= 0.6 is 47.8 Å². The van der Waals surface area contributed by atoms with Crippen molar-refractivity contribution in [1.29, 1.82) is 0 Å². The van der Waals surface area contributed by atoms with Gasteiger partial charge in [-0.05, 0) is 58.4 Å². The Labute approximate surface area is 156 Å². The Morgan fingerprint density at radius 1 is 0.957 bits per heavy atom. The van der Waals surface area contributed by atoms with Crippen LogP contribution in [0.4, 0.5) is 5.69 Å². The van der Waals surface area contributed by atoms with Gasteiger partial charge in [0.25, 0.3) is 5.91 Å². The summed E-state index contributed by atoms with van der Waals surface area (Å²) in [6.45, 7) is 0. The number of amides is 1. The third-order valence-corrected chi connectivity index (χ3v) is 4.67. The van der Waals surface area contributed by atoms with E-state index in [1.807, 2.05) is 0 Å². The average molecular weight is 502 g/mol. The summed E-state index contributed by atoms with van der Waals surface area (Å²) in [5.41, 5.74) is 0.257. The van der Waals surface area contributed by atoms with Gasteiger partial charge in [0.05, 0.1) is 4.47 Å². The average Bonchev–Trinajstić information content (AvgIpc) is 2.50. The number of benzene rings is 2. The minimum absolute atomic E-state index is 0.0505. The number of hydrogen-bond donors (Lipinski definition) is 1. The maximum Gasteiger partial charge on any atom is 0.349 e. The van der Waals surface area contributed by atoms with E-state index in [2.05, 4.69) is 53.1 Å². The highest BCUT2D eigenvalue weighted by Crippen LogP contribution is 2.28. The fraction of sp³-hybridized carbons (Fsp3) is 0. The molecule has 1 N–H and O–H groups in total. The van der Waals surface area contributed by atoms with Crippen LogP contribution in [0.3, 0.4) is 0 Å². The van der Waals surface area contributed by atoms with Gasteiger partial charge in [-0.15, -0.1) is 0 Å². The molecule has 0 atom stereocenters. The Kier molecular flexibility index (Phi) is 4.70. The molecule has 2 aromatic carbocycles. The predicted molar refractivity (Wildman–Crippen MR) is 100.0 cm³/mol. The highest BCUT2D eigenvalue weighted by molar-refractivity contribution is 9.11. The number of nitrogens with one attached hydrogen (secondary N) is 1. The van der Waals surface area contributed by atoms with E-state index in [0.717, 1.165) is 8.95 Å². The molecular formula is C16H8Br3NO3. The number of anilines is 1. The van der Waals surface area contributed by atoms with Crippen molar-refractivity contribution in [2.75, 3.05) is 5.32 Å². The Hall–Kier alpha value is -1.44. The summed E-state index contributed by atoms with van der Waals surface area (Å²) in [4.78, 5) is 24.4. The van der Waals surface area contributed by atoms with Gasteiger partial charge < -0.3 is 9.73 Å². The first kappa shape index (κ1) is 16.4. The van der Waals surface area contributed by atoms with Gasteiger partial charge in [-0.2, -0.15) is 0 Å². The first-order chi connectivity index (χ1) is 10.9. The number of fused-ring (bicyclic) bond motifs is 1. The molecule has 0 spiro atoms. The molecule has 3 rings (SSSR count). The molecule has 7 heteroatoms. The normalized spacial score (nSPS) is 10.7. The maximum absolute atomic E-state index is 12.3. The van der Waals surface area contributed by atoms with E-state index in [9.17, 15) is 9.59 Å². The second-order valence-electron chi connectivity index (χ2n) is 4.71. The van der Waals surface area contributed by atoms with Gasteiger partial charge in [0.15, 0.2) is 5.58 Å². The zero-order valence-corrected chi connectivity index (χ0v) is 16.2. The van der Waals surface area contributed by atoms with Crippen LogP contribution in [0.25, 0.3) is 11.0 Å². The lowest BCUT2D eigenvalue weighted by Gasteiger charge is -2.06. The molecule has 1 amide bonds. The van der Waals surface area contributed by atoms with Crippen LogP contribution in [0, 0.1) is 0 Å². The van der Waals surface area contributed by atoms with Crippen molar-refractivity contribution in [3.63, 3.8) is 0 Å². The van der Waals surface area contributed by atoms with E-state index in [1.54, 1.807) is 36.4 Å². The zero-order chi connectivity index (χ0) is 16.6. The van der Waals surface area contributed by atoms with Gasteiger partial charge in [-0.1, -0.05) is 31.9 Å². The van der Waals surface area contributed by atoms with Crippen molar-refractivity contribution in [1.82, 2.24) is 0 Å². The van der Waals surface area contributed by atoms with E-state index in [-0.39, 0.29) is 5.56 Å². The molecule has 0 aliphatic rings. The molecule has 0 saturated heterocycles. The lowest BCUT2D eigenvalue weighted by Crippen LogP contribution is -2.20. The van der Waals surface area contributed by atoms with Gasteiger partial charge in [-0.25, -0.2) is 4.79 Å². The maximum atomic E-state index is 12.3. The van der Waals surface area contributed by atoms with Gasteiger partial charge in [0.1, 0.15) is 5.56 Å². The van der Waals surface area contributed by atoms with Crippen LogP contribution < -0.4 is 10.9 Å². The molecule has 0 aliphatic heterocycles. The molecule has 0 aliphatic carbocycles. The number of carbonyl (C=O) groups excluding carboxylic acids is 1. The van der Waals surface area contributed by atoms with Crippen molar-refractivity contribution in [2.45, 2.75) is 0 Å². The molecule has 0 unspecified atom stereocenters. The summed E-state index contributed by atoms with van der Waals surface area (Å²) in [5, 5.41) is 3.32. The summed E-state index contributed by atoms with van der Waals surface area (Å²) >= 11 is 10.0. The Morgan fingerprint density at radius 2 is 1.65 bits per heavy atom. The number of hydrogen-bond acceptors (Lipinski definition) is 3. The Balaban J connectivity index is 2.01. The quantitative estimate of drug-likeness (QED) is 0.483. The van der Waals surface area contributed by atoms with E-state index in [4.69, 9.17) is 4.42 Å². The van der Waals surface area contributed by atoms with Crippen molar-refractivity contribution in [3.8, 4) is 0 Å². The molecule has 1 heterocycles. The van der Waals surface area contributed by atoms with Crippen molar-refractivity contribution < 1.29 is 9.21 Å². The summed E-state index contributed by atoms with van der Waals surface area (Å²) < 4.78 is 7.61. The minimum atomic E-state index is -0.685. The van der Waals surface area contributed by atoms with Crippen LogP contribution in [0.1, 0.15) is 10.4 Å². The second-order valence-corrected chi connectivity index (χ2v) is 7.40. The third kappa shape index (κ3) is 3.57. The fourth-order valence-corrected chi connectivity index (χ4v) is 3.65. The Morgan fingerprint density at radius 3 is 2.35 bits per heavy atom. The third-order valence-electron chi connectivity index (χ3n) is 3.10. The second kappa shape index (κ2) is 6.59. The van der Waals surface area contributed by atoms with Crippen LogP contribution in [-0.4, -0.2) is 5.91 Å². The van der Waals surface area contributed by atoms with Crippen LogP contribution in [0.2, 0.25) is 0 Å².